The molecular weight excluding hydrogens is 434 g/mol. The summed E-state index contributed by atoms with van der Waals surface area (Å²) in [6, 6.07) is 14.5. The van der Waals surface area contributed by atoms with E-state index in [-0.39, 0.29) is 24.8 Å². The molecule has 2 rings (SSSR count). The highest BCUT2D eigenvalue weighted by Crippen LogP contribution is 2.20. The lowest BCUT2D eigenvalue weighted by Crippen LogP contribution is -2.34. The summed E-state index contributed by atoms with van der Waals surface area (Å²) in [5.41, 5.74) is 1.65. The SMILES string of the molecule is CC(Oc1ccc(C(C)C)cc1)C(=O)Nc1cccc(NC(=O)CCNC(=O)OC(C)(C)C)c1. The molecule has 0 fully saturated rings. The van der Waals surface area contributed by atoms with Gasteiger partial charge in [-0.05, 0) is 69.5 Å². The molecule has 0 saturated heterocycles. The predicted octanol–water partition coefficient (Wildman–Crippen LogP) is 5.07. The van der Waals surface area contributed by atoms with Crippen LogP contribution in [0.25, 0.3) is 0 Å². The van der Waals surface area contributed by atoms with Crippen molar-refractivity contribution in [2.45, 2.75) is 65.6 Å². The van der Waals surface area contributed by atoms with Crippen LogP contribution in [0, 0.1) is 0 Å². The molecule has 8 heteroatoms. The molecule has 0 aliphatic carbocycles. The van der Waals surface area contributed by atoms with Gasteiger partial charge in [-0.25, -0.2) is 4.79 Å². The van der Waals surface area contributed by atoms with E-state index in [9.17, 15) is 14.4 Å². The van der Waals surface area contributed by atoms with Gasteiger partial charge >= 0.3 is 6.09 Å². The van der Waals surface area contributed by atoms with E-state index in [0.717, 1.165) is 0 Å². The van der Waals surface area contributed by atoms with Crippen molar-refractivity contribution < 1.29 is 23.9 Å². The lowest BCUT2D eigenvalue weighted by atomic mass is 10.0. The van der Waals surface area contributed by atoms with Crippen molar-refractivity contribution in [1.29, 1.82) is 0 Å². The fourth-order valence-electron chi connectivity index (χ4n) is 2.92. The largest absolute Gasteiger partial charge is 0.481 e. The molecule has 0 spiro atoms. The van der Waals surface area contributed by atoms with Gasteiger partial charge in [0.25, 0.3) is 5.91 Å². The minimum absolute atomic E-state index is 0.0797. The molecule has 0 aromatic heterocycles. The highest BCUT2D eigenvalue weighted by atomic mass is 16.6. The zero-order valence-electron chi connectivity index (χ0n) is 20.7. The van der Waals surface area contributed by atoms with Crippen molar-refractivity contribution >= 4 is 29.3 Å². The fourth-order valence-corrected chi connectivity index (χ4v) is 2.92. The molecule has 2 aromatic rings. The van der Waals surface area contributed by atoms with Crippen LogP contribution in [0.5, 0.6) is 5.75 Å². The molecule has 1 atom stereocenters. The second kappa shape index (κ2) is 12.1. The van der Waals surface area contributed by atoms with Crippen LogP contribution in [-0.4, -0.2) is 36.2 Å². The summed E-state index contributed by atoms with van der Waals surface area (Å²) >= 11 is 0. The maximum atomic E-state index is 12.6. The molecule has 2 aromatic carbocycles. The lowest BCUT2D eigenvalue weighted by Gasteiger charge is -2.19. The van der Waals surface area contributed by atoms with Gasteiger partial charge in [-0.3, -0.25) is 9.59 Å². The Morgan fingerprint density at radius 3 is 2.12 bits per heavy atom. The molecule has 34 heavy (non-hydrogen) atoms. The van der Waals surface area contributed by atoms with Crippen LogP contribution in [-0.2, 0) is 14.3 Å². The van der Waals surface area contributed by atoms with E-state index in [1.54, 1.807) is 52.0 Å². The molecule has 1 unspecified atom stereocenters. The smallest absolute Gasteiger partial charge is 0.407 e. The van der Waals surface area contributed by atoms with Crippen LogP contribution in [0.15, 0.2) is 48.5 Å². The van der Waals surface area contributed by atoms with Crippen molar-refractivity contribution in [3.63, 3.8) is 0 Å². The number of ether oxygens (including phenoxy) is 2. The van der Waals surface area contributed by atoms with Gasteiger partial charge in [0.05, 0.1) is 0 Å². The molecule has 3 amide bonds. The third kappa shape index (κ3) is 9.52. The van der Waals surface area contributed by atoms with E-state index in [1.165, 1.54) is 5.56 Å². The van der Waals surface area contributed by atoms with Crippen molar-refractivity contribution in [3.05, 3.63) is 54.1 Å². The number of anilines is 2. The van der Waals surface area contributed by atoms with Crippen molar-refractivity contribution in [2.24, 2.45) is 0 Å². The van der Waals surface area contributed by atoms with Gasteiger partial charge in [0.15, 0.2) is 6.10 Å². The summed E-state index contributed by atoms with van der Waals surface area (Å²) in [7, 11) is 0. The third-order valence-corrected chi connectivity index (χ3v) is 4.66. The average Bonchev–Trinajstić information content (AvgIpc) is 2.73. The Balaban J connectivity index is 1.83. The lowest BCUT2D eigenvalue weighted by molar-refractivity contribution is -0.122. The Morgan fingerprint density at radius 2 is 1.53 bits per heavy atom. The van der Waals surface area contributed by atoms with Gasteiger partial charge in [-0.2, -0.15) is 0 Å². The Morgan fingerprint density at radius 1 is 0.912 bits per heavy atom. The monoisotopic (exact) mass is 469 g/mol. The molecule has 0 saturated carbocycles. The number of carbonyl (C=O) groups is 3. The summed E-state index contributed by atoms with van der Waals surface area (Å²) in [6.45, 7) is 11.3. The second-order valence-corrected chi connectivity index (χ2v) is 9.28. The summed E-state index contributed by atoms with van der Waals surface area (Å²) in [5.74, 6) is 0.455. The standard InChI is InChI=1S/C26H35N3O5/c1-17(2)19-10-12-22(13-11-19)33-18(3)24(31)29-21-9-7-8-20(16-21)28-23(30)14-15-27-25(32)34-26(4,5)6/h7-13,16-18H,14-15H2,1-6H3,(H,27,32)(H,28,30)(H,29,31). The Kier molecular flexibility index (Phi) is 9.47. The summed E-state index contributed by atoms with van der Waals surface area (Å²) in [6.07, 6.45) is -1.20. The number of nitrogens with one attached hydrogen (secondary N) is 3. The van der Waals surface area contributed by atoms with E-state index in [0.29, 0.717) is 23.0 Å². The predicted molar refractivity (Wildman–Crippen MR) is 133 cm³/mol. The van der Waals surface area contributed by atoms with E-state index < -0.39 is 17.8 Å². The average molecular weight is 470 g/mol. The van der Waals surface area contributed by atoms with Crippen molar-refractivity contribution in [2.75, 3.05) is 17.2 Å². The first-order chi connectivity index (χ1) is 15.9. The van der Waals surface area contributed by atoms with Gasteiger partial charge in [0, 0.05) is 24.3 Å². The van der Waals surface area contributed by atoms with E-state index >= 15 is 0 Å². The number of hydrogen-bond donors (Lipinski definition) is 3. The number of alkyl carbamates (subject to hydrolysis) is 1. The Bertz CT molecular complexity index is 981. The highest BCUT2D eigenvalue weighted by Gasteiger charge is 2.17. The van der Waals surface area contributed by atoms with Gasteiger partial charge < -0.3 is 25.4 Å². The zero-order valence-corrected chi connectivity index (χ0v) is 20.7. The van der Waals surface area contributed by atoms with E-state index in [4.69, 9.17) is 9.47 Å². The van der Waals surface area contributed by atoms with Crippen LogP contribution in [0.3, 0.4) is 0 Å². The van der Waals surface area contributed by atoms with Gasteiger partial charge in [-0.15, -0.1) is 0 Å². The molecule has 8 nitrogen and oxygen atoms in total. The van der Waals surface area contributed by atoms with Crippen molar-refractivity contribution in [3.8, 4) is 5.75 Å². The van der Waals surface area contributed by atoms with Crippen molar-refractivity contribution in [1.82, 2.24) is 5.32 Å². The highest BCUT2D eigenvalue weighted by molar-refractivity contribution is 5.96. The molecule has 0 aliphatic heterocycles. The minimum Gasteiger partial charge on any atom is -0.481 e. The molecule has 0 radical (unpaired) electrons. The van der Waals surface area contributed by atoms with Crippen LogP contribution in [0.4, 0.5) is 16.2 Å². The van der Waals surface area contributed by atoms with Crippen LogP contribution >= 0.6 is 0 Å². The molecule has 3 N–H and O–H groups in total. The maximum absolute atomic E-state index is 12.6. The molecule has 184 valence electrons. The zero-order chi connectivity index (χ0) is 25.3. The second-order valence-electron chi connectivity index (χ2n) is 9.28. The Labute approximate surface area is 201 Å². The fraction of sp³-hybridized carbons (Fsp3) is 0.423. The number of rotatable bonds is 9. The molecule has 0 aliphatic rings. The molecular formula is C26H35N3O5. The molecule has 0 bridgehead atoms. The summed E-state index contributed by atoms with van der Waals surface area (Å²) < 4.78 is 10.9. The first kappa shape index (κ1) is 26.7. The summed E-state index contributed by atoms with van der Waals surface area (Å²) in [5, 5.41) is 8.08. The van der Waals surface area contributed by atoms with Crippen LogP contribution < -0.4 is 20.7 Å². The number of hydrogen-bond acceptors (Lipinski definition) is 5. The van der Waals surface area contributed by atoms with Gasteiger partial charge in [-0.1, -0.05) is 32.0 Å². The maximum Gasteiger partial charge on any atom is 0.407 e. The Hall–Kier alpha value is -3.55. The topological polar surface area (TPSA) is 106 Å². The summed E-state index contributed by atoms with van der Waals surface area (Å²) in [4.78, 5) is 36.4. The quantitative estimate of drug-likeness (QED) is 0.475. The normalized spacial score (nSPS) is 12.0. The molecule has 0 heterocycles. The minimum atomic E-state index is -0.706. The number of carbonyl (C=O) groups excluding carboxylic acids is 3. The number of benzene rings is 2. The number of amides is 3. The van der Waals surface area contributed by atoms with E-state index in [2.05, 4.69) is 29.8 Å². The first-order valence-corrected chi connectivity index (χ1v) is 11.4. The van der Waals surface area contributed by atoms with Gasteiger partial charge in [0.1, 0.15) is 11.4 Å². The van der Waals surface area contributed by atoms with Crippen LogP contribution in [0.2, 0.25) is 0 Å². The first-order valence-electron chi connectivity index (χ1n) is 11.4. The van der Waals surface area contributed by atoms with Crippen LogP contribution in [0.1, 0.15) is 59.4 Å². The third-order valence-electron chi connectivity index (χ3n) is 4.66. The van der Waals surface area contributed by atoms with E-state index in [1.807, 2.05) is 24.3 Å². The van der Waals surface area contributed by atoms with Gasteiger partial charge in [0.2, 0.25) is 5.91 Å².